The number of carbonyl (C=O) groups is 2. The molecule has 1 atom stereocenters. The molecular weight excluding hydrogens is 390 g/mol. The molecule has 2 rings (SSSR count). The number of nitro benzene ring substituents is 1. The lowest BCUT2D eigenvalue weighted by Crippen LogP contribution is -2.48. The van der Waals surface area contributed by atoms with Gasteiger partial charge in [-0.25, -0.2) is 0 Å². The smallest absolute Gasteiger partial charge is 0.269 e. The van der Waals surface area contributed by atoms with Crippen molar-refractivity contribution in [3.63, 3.8) is 0 Å². The zero-order chi connectivity index (χ0) is 21.2. The fraction of sp³-hybridized carbons (Fsp3) is 0.333. The maximum absolute atomic E-state index is 12.9. The molecule has 0 aromatic heterocycles. The molecule has 2 aromatic carbocycles. The molecule has 0 radical (unpaired) electrons. The number of benzene rings is 2. The Bertz CT molecular complexity index is 828. The van der Waals surface area contributed by atoms with Gasteiger partial charge >= 0.3 is 0 Å². The fourth-order valence-corrected chi connectivity index (χ4v) is 3.61. The first-order chi connectivity index (χ1) is 13.9. The van der Waals surface area contributed by atoms with E-state index in [1.807, 2.05) is 37.3 Å². The van der Waals surface area contributed by atoms with Crippen LogP contribution in [0.5, 0.6) is 0 Å². The summed E-state index contributed by atoms with van der Waals surface area (Å²) in [4.78, 5) is 37.0. The van der Waals surface area contributed by atoms with Crippen molar-refractivity contribution in [1.29, 1.82) is 0 Å². The molecule has 0 saturated heterocycles. The molecule has 0 saturated carbocycles. The third kappa shape index (κ3) is 6.90. The number of amides is 2. The Morgan fingerprint density at radius 2 is 1.76 bits per heavy atom. The van der Waals surface area contributed by atoms with Gasteiger partial charge in [0, 0.05) is 31.0 Å². The van der Waals surface area contributed by atoms with Gasteiger partial charge < -0.3 is 10.2 Å². The van der Waals surface area contributed by atoms with Gasteiger partial charge in [0.1, 0.15) is 6.04 Å². The number of thioether (sulfide) groups is 1. The molecular formula is C21H25N3O4S. The molecule has 29 heavy (non-hydrogen) atoms. The quantitative estimate of drug-likeness (QED) is 0.474. The van der Waals surface area contributed by atoms with Crippen LogP contribution >= 0.6 is 11.8 Å². The van der Waals surface area contributed by atoms with Crippen molar-refractivity contribution in [2.45, 2.75) is 32.2 Å². The Hall–Kier alpha value is -2.87. The van der Waals surface area contributed by atoms with E-state index in [1.54, 1.807) is 24.0 Å². The second-order valence-electron chi connectivity index (χ2n) is 6.49. The van der Waals surface area contributed by atoms with Gasteiger partial charge in [-0.15, -0.1) is 11.8 Å². The van der Waals surface area contributed by atoms with E-state index in [2.05, 4.69) is 5.32 Å². The number of rotatable bonds is 10. The molecule has 7 nitrogen and oxygen atoms in total. The Kier molecular flexibility index (Phi) is 8.67. The Morgan fingerprint density at radius 1 is 1.10 bits per heavy atom. The van der Waals surface area contributed by atoms with Crippen LogP contribution in [0.3, 0.4) is 0 Å². The number of likely N-dealkylation sites (N-methyl/N-ethyl adjacent to an activating group) is 1. The number of nitro groups is 1. The lowest BCUT2D eigenvalue weighted by Gasteiger charge is -2.28. The zero-order valence-corrected chi connectivity index (χ0v) is 17.4. The summed E-state index contributed by atoms with van der Waals surface area (Å²) >= 11 is 1.42. The van der Waals surface area contributed by atoms with Crippen LogP contribution in [0.15, 0.2) is 54.6 Å². The van der Waals surface area contributed by atoms with E-state index < -0.39 is 11.0 Å². The minimum atomic E-state index is -0.581. The highest BCUT2D eigenvalue weighted by molar-refractivity contribution is 7.99. The Labute approximate surface area is 174 Å². The van der Waals surface area contributed by atoms with Gasteiger partial charge in [-0.3, -0.25) is 19.7 Å². The van der Waals surface area contributed by atoms with Gasteiger partial charge in [0.15, 0.2) is 0 Å². The van der Waals surface area contributed by atoms with Crippen molar-refractivity contribution in [1.82, 2.24) is 10.2 Å². The van der Waals surface area contributed by atoms with Crippen LogP contribution in [0.1, 0.15) is 25.0 Å². The molecule has 0 heterocycles. The topological polar surface area (TPSA) is 92.6 Å². The van der Waals surface area contributed by atoms with Gasteiger partial charge in [-0.1, -0.05) is 42.5 Å². The summed E-state index contributed by atoms with van der Waals surface area (Å²) in [7, 11) is 0. The van der Waals surface area contributed by atoms with Crippen molar-refractivity contribution in [2.24, 2.45) is 0 Å². The molecule has 0 spiro atoms. The summed E-state index contributed by atoms with van der Waals surface area (Å²) in [5, 5.41) is 13.5. The maximum atomic E-state index is 12.9. The summed E-state index contributed by atoms with van der Waals surface area (Å²) in [6, 6.07) is 15.3. The molecule has 154 valence electrons. The first-order valence-electron chi connectivity index (χ1n) is 9.34. The number of hydrogen-bond donors (Lipinski definition) is 1. The summed E-state index contributed by atoms with van der Waals surface area (Å²) in [6.07, 6.45) is 0. The van der Waals surface area contributed by atoms with Gasteiger partial charge in [0.25, 0.3) is 5.69 Å². The van der Waals surface area contributed by atoms with Gasteiger partial charge in [0.2, 0.25) is 11.8 Å². The van der Waals surface area contributed by atoms with Crippen molar-refractivity contribution in [3.05, 3.63) is 75.8 Å². The van der Waals surface area contributed by atoms with E-state index in [-0.39, 0.29) is 23.3 Å². The largest absolute Gasteiger partial charge is 0.355 e. The van der Waals surface area contributed by atoms with E-state index in [0.717, 1.165) is 11.1 Å². The van der Waals surface area contributed by atoms with E-state index >= 15 is 0 Å². The van der Waals surface area contributed by atoms with Gasteiger partial charge in [-0.2, -0.15) is 0 Å². The first-order valence-corrected chi connectivity index (χ1v) is 10.5. The van der Waals surface area contributed by atoms with Crippen molar-refractivity contribution in [3.8, 4) is 0 Å². The lowest BCUT2D eigenvalue weighted by molar-refractivity contribution is -0.384. The minimum Gasteiger partial charge on any atom is -0.355 e. The molecule has 1 N–H and O–H groups in total. The third-order valence-corrected chi connectivity index (χ3v) is 5.34. The summed E-state index contributed by atoms with van der Waals surface area (Å²) < 4.78 is 0. The SMILES string of the molecule is CCNC(=O)[C@@H](C)N(Cc1ccccc1)C(=O)CSCc1ccc([N+](=O)[O-])cc1. The van der Waals surface area contributed by atoms with Gasteiger partial charge in [-0.05, 0) is 25.0 Å². The second kappa shape index (κ2) is 11.2. The van der Waals surface area contributed by atoms with Crippen molar-refractivity contribution < 1.29 is 14.5 Å². The summed E-state index contributed by atoms with van der Waals surface area (Å²) in [5.41, 5.74) is 1.90. The number of hydrogen-bond acceptors (Lipinski definition) is 5. The van der Waals surface area contributed by atoms with Crippen LogP contribution in [-0.2, 0) is 21.9 Å². The van der Waals surface area contributed by atoms with Crippen LogP contribution in [0.2, 0.25) is 0 Å². The standard InChI is InChI=1S/C21H25N3O4S/c1-3-22-21(26)16(2)23(13-17-7-5-4-6-8-17)20(25)15-29-14-18-9-11-19(12-10-18)24(27)28/h4-12,16H,3,13-15H2,1-2H3,(H,22,26)/t16-/m1/s1. The molecule has 0 aliphatic carbocycles. The summed E-state index contributed by atoms with van der Waals surface area (Å²) in [5.74, 6) is 0.461. The van der Waals surface area contributed by atoms with Crippen LogP contribution in [0, 0.1) is 10.1 Å². The van der Waals surface area contributed by atoms with Crippen LogP contribution in [0.25, 0.3) is 0 Å². The predicted octanol–water partition coefficient (Wildman–Crippen LogP) is 3.38. The van der Waals surface area contributed by atoms with E-state index in [0.29, 0.717) is 18.8 Å². The van der Waals surface area contributed by atoms with Crippen molar-refractivity contribution >= 4 is 29.3 Å². The number of non-ortho nitro benzene ring substituents is 1. The first kappa shape index (κ1) is 22.4. The zero-order valence-electron chi connectivity index (χ0n) is 16.5. The molecule has 8 heteroatoms. The van der Waals surface area contributed by atoms with Crippen LogP contribution < -0.4 is 5.32 Å². The van der Waals surface area contributed by atoms with Crippen molar-refractivity contribution in [2.75, 3.05) is 12.3 Å². The van der Waals surface area contributed by atoms with E-state index in [1.165, 1.54) is 23.9 Å². The minimum absolute atomic E-state index is 0.0413. The molecule has 0 aliphatic rings. The normalized spacial score (nSPS) is 11.5. The highest BCUT2D eigenvalue weighted by Crippen LogP contribution is 2.18. The van der Waals surface area contributed by atoms with Crippen LogP contribution in [-0.4, -0.2) is 40.0 Å². The highest BCUT2D eigenvalue weighted by atomic mass is 32.2. The summed E-state index contributed by atoms with van der Waals surface area (Å²) in [6.45, 7) is 4.43. The third-order valence-electron chi connectivity index (χ3n) is 4.36. The van der Waals surface area contributed by atoms with Crippen LogP contribution in [0.4, 0.5) is 5.69 Å². The Balaban J connectivity index is 2.00. The predicted molar refractivity (Wildman–Crippen MR) is 114 cm³/mol. The number of carbonyl (C=O) groups excluding carboxylic acids is 2. The molecule has 0 bridgehead atoms. The second-order valence-corrected chi connectivity index (χ2v) is 7.48. The molecule has 2 amide bonds. The molecule has 0 unspecified atom stereocenters. The fourth-order valence-electron chi connectivity index (χ4n) is 2.74. The number of nitrogens with zero attached hydrogens (tertiary/aromatic N) is 2. The van der Waals surface area contributed by atoms with E-state index in [9.17, 15) is 19.7 Å². The number of nitrogens with one attached hydrogen (secondary N) is 1. The Morgan fingerprint density at radius 3 is 2.34 bits per heavy atom. The maximum Gasteiger partial charge on any atom is 0.269 e. The van der Waals surface area contributed by atoms with E-state index in [4.69, 9.17) is 0 Å². The highest BCUT2D eigenvalue weighted by Gasteiger charge is 2.25. The molecule has 2 aromatic rings. The lowest BCUT2D eigenvalue weighted by atomic mass is 10.1. The monoisotopic (exact) mass is 415 g/mol. The molecule has 0 aliphatic heterocycles. The van der Waals surface area contributed by atoms with Gasteiger partial charge in [0.05, 0.1) is 10.7 Å². The molecule has 0 fully saturated rings. The average molecular weight is 416 g/mol. The average Bonchev–Trinajstić information content (AvgIpc) is 2.72.